The minimum absolute atomic E-state index is 0.182. The molecule has 0 amide bonds. The fourth-order valence-electron chi connectivity index (χ4n) is 4.03. The Morgan fingerprint density at radius 2 is 1.77 bits per heavy atom. The first-order valence-corrected chi connectivity index (χ1v) is 8.31. The van der Waals surface area contributed by atoms with Gasteiger partial charge < -0.3 is 9.13 Å². The van der Waals surface area contributed by atoms with Gasteiger partial charge in [0.25, 0.3) is 0 Å². The zero-order chi connectivity index (χ0) is 17.9. The summed E-state index contributed by atoms with van der Waals surface area (Å²) in [5.74, 6) is 0. The highest BCUT2D eigenvalue weighted by molar-refractivity contribution is 5.27. The highest BCUT2D eigenvalue weighted by Crippen LogP contribution is 2.66. The third-order valence-electron chi connectivity index (χ3n) is 5.30. The van der Waals surface area contributed by atoms with Crippen molar-refractivity contribution in [1.82, 2.24) is 29.1 Å². The highest BCUT2D eigenvalue weighted by Gasteiger charge is 2.70. The van der Waals surface area contributed by atoms with E-state index in [0.29, 0.717) is 30.6 Å². The lowest BCUT2D eigenvalue weighted by Crippen LogP contribution is -2.72. The second kappa shape index (κ2) is 4.96. The Morgan fingerprint density at radius 1 is 1.04 bits per heavy atom. The summed E-state index contributed by atoms with van der Waals surface area (Å²) in [4.78, 5) is 30.6. The summed E-state index contributed by atoms with van der Waals surface area (Å²) in [7, 11) is 0. The zero-order valence-electron chi connectivity index (χ0n) is 13.7. The summed E-state index contributed by atoms with van der Waals surface area (Å²) in [6.07, 6.45) is 8.88. The van der Waals surface area contributed by atoms with E-state index in [1.54, 1.807) is 43.1 Å². The zero-order valence-corrected chi connectivity index (χ0v) is 13.7. The molecule has 3 aliphatic rings. The van der Waals surface area contributed by atoms with E-state index < -0.39 is 22.3 Å². The molecule has 3 aromatic rings. The molecule has 132 valence electrons. The molecule has 9 heteroatoms. The SMILES string of the molecule is O=c1c(=O)n(C23CC(F)(C2)C3)ccn1Cc1ccc(-n2nccn2)cn1. The van der Waals surface area contributed by atoms with Gasteiger partial charge in [-0.15, -0.1) is 0 Å². The van der Waals surface area contributed by atoms with E-state index in [0.717, 1.165) is 0 Å². The van der Waals surface area contributed by atoms with E-state index in [9.17, 15) is 14.0 Å². The predicted molar refractivity (Wildman–Crippen MR) is 88.9 cm³/mol. The molecule has 0 N–H and O–H groups in total. The van der Waals surface area contributed by atoms with Crippen LogP contribution in [0.5, 0.6) is 0 Å². The molecule has 0 unspecified atom stereocenters. The van der Waals surface area contributed by atoms with Crippen LogP contribution >= 0.6 is 0 Å². The highest BCUT2D eigenvalue weighted by atomic mass is 19.1. The summed E-state index contributed by atoms with van der Waals surface area (Å²) in [6.45, 7) is 0.182. The third-order valence-corrected chi connectivity index (χ3v) is 5.30. The Hall–Kier alpha value is -3.10. The average molecular weight is 354 g/mol. The molecule has 2 bridgehead atoms. The Labute approximate surface area is 146 Å². The fourth-order valence-corrected chi connectivity index (χ4v) is 4.03. The van der Waals surface area contributed by atoms with E-state index in [1.807, 2.05) is 0 Å². The van der Waals surface area contributed by atoms with Crippen molar-refractivity contribution < 1.29 is 4.39 Å². The summed E-state index contributed by atoms with van der Waals surface area (Å²) >= 11 is 0. The second-order valence-electron chi connectivity index (χ2n) is 7.14. The lowest BCUT2D eigenvalue weighted by atomic mass is 9.47. The molecule has 0 saturated heterocycles. The Morgan fingerprint density at radius 3 is 2.38 bits per heavy atom. The van der Waals surface area contributed by atoms with Crippen LogP contribution in [0.15, 0.2) is 52.7 Å². The van der Waals surface area contributed by atoms with Crippen molar-refractivity contribution in [2.24, 2.45) is 0 Å². The quantitative estimate of drug-likeness (QED) is 0.642. The molecule has 26 heavy (non-hydrogen) atoms. The molecule has 3 heterocycles. The van der Waals surface area contributed by atoms with Gasteiger partial charge >= 0.3 is 11.1 Å². The topological polar surface area (TPSA) is 87.6 Å². The summed E-state index contributed by atoms with van der Waals surface area (Å²) < 4.78 is 16.5. The Bertz CT molecular complexity index is 1080. The number of hydrogen-bond acceptors (Lipinski definition) is 5. The molecule has 3 aromatic heterocycles. The van der Waals surface area contributed by atoms with Gasteiger partial charge in [-0.2, -0.15) is 15.0 Å². The van der Waals surface area contributed by atoms with Crippen molar-refractivity contribution in [3.8, 4) is 5.69 Å². The first kappa shape index (κ1) is 15.2. The van der Waals surface area contributed by atoms with Gasteiger partial charge in [-0.05, 0) is 12.1 Å². The van der Waals surface area contributed by atoms with Crippen LogP contribution in [0.3, 0.4) is 0 Å². The predicted octanol–water partition coefficient (Wildman–Crippen LogP) is 0.635. The number of rotatable bonds is 4. The molecule has 0 atom stereocenters. The molecule has 0 aliphatic heterocycles. The number of pyridine rings is 1. The molecule has 8 nitrogen and oxygen atoms in total. The average Bonchev–Trinajstić information content (AvgIpc) is 3.11. The van der Waals surface area contributed by atoms with Gasteiger partial charge in [0.1, 0.15) is 11.4 Å². The standard InChI is InChI=1S/C17H15FN6O2/c18-16-9-17(10-16,11-16)23-6-5-22(14(25)15(23)26)8-12-1-2-13(7-19-12)24-20-3-4-21-24/h1-7H,8-11H2. The molecule has 3 fully saturated rings. The van der Waals surface area contributed by atoms with Crippen LogP contribution in [-0.4, -0.2) is 34.8 Å². The van der Waals surface area contributed by atoms with Crippen LogP contribution in [0.2, 0.25) is 0 Å². The summed E-state index contributed by atoms with van der Waals surface area (Å²) in [5.41, 5.74) is -1.50. The smallest absolute Gasteiger partial charge is 0.303 e. The van der Waals surface area contributed by atoms with Crippen molar-refractivity contribution >= 4 is 0 Å². The van der Waals surface area contributed by atoms with Crippen LogP contribution in [0, 0.1) is 0 Å². The molecule has 3 aliphatic carbocycles. The maximum Gasteiger partial charge on any atom is 0.316 e. The number of hydrogen-bond donors (Lipinski definition) is 0. The Balaban J connectivity index is 1.40. The van der Waals surface area contributed by atoms with Gasteiger partial charge in [-0.1, -0.05) is 0 Å². The molecule has 0 aromatic carbocycles. The second-order valence-corrected chi connectivity index (χ2v) is 7.14. The summed E-state index contributed by atoms with van der Waals surface area (Å²) in [6, 6.07) is 3.54. The van der Waals surface area contributed by atoms with E-state index in [4.69, 9.17) is 0 Å². The van der Waals surface area contributed by atoms with Gasteiger partial charge in [-0.25, -0.2) is 4.39 Å². The first-order chi connectivity index (χ1) is 12.5. The normalized spacial score (nSPS) is 26.2. The largest absolute Gasteiger partial charge is 0.316 e. The molecule has 0 spiro atoms. The fraction of sp³-hybridized carbons (Fsp3) is 0.353. The van der Waals surface area contributed by atoms with Crippen molar-refractivity contribution in [3.63, 3.8) is 0 Å². The molecule has 0 radical (unpaired) electrons. The molecular formula is C17H15FN6O2. The first-order valence-electron chi connectivity index (χ1n) is 8.31. The molecule has 6 rings (SSSR count). The minimum atomic E-state index is -1.12. The maximum absolute atomic E-state index is 13.7. The van der Waals surface area contributed by atoms with E-state index in [-0.39, 0.29) is 6.54 Å². The Kier molecular flexibility index (Phi) is 2.90. The lowest BCUT2D eigenvalue weighted by Gasteiger charge is -2.65. The number of nitrogens with zero attached hydrogens (tertiary/aromatic N) is 6. The van der Waals surface area contributed by atoms with Crippen molar-refractivity contribution in [1.29, 1.82) is 0 Å². The number of halogens is 1. The van der Waals surface area contributed by atoms with Gasteiger partial charge in [-0.3, -0.25) is 14.6 Å². The van der Waals surface area contributed by atoms with Crippen LogP contribution in [0.1, 0.15) is 25.0 Å². The van der Waals surface area contributed by atoms with E-state index in [2.05, 4.69) is 15.2 Å². The molecule has 3 saturated carbocycles. The minimum Gasteiger partial charge on any atom is -0.303 e. The van der Waals surface area contributed by atoms with E-state index >= 15 is 0 Å². The number of alkyl halides is 1. The summed E-state index contributed by atoms with van der Waals surface area (Å²) in [5, 5.41) is 8.04. The maximum atomic E-state index is 13.7. The van der Waals surface area contributed by atoms with Gasteiger partial charge in [0.2, 0.25) is 0 Å². The van der Waals surface area contributed by atoms with Crippen LogP contribution in [-0.2, 0) is 12.1 Å². The number of aromatic nitrogens is 6. The monoisotopic (exact) mass is 354 g/mol. The lowest BCUT2D eigenvalue weighted by molar-refractivity contribution is -0.199. The van der Waals surface area contributed by atoms with Gasteiger partial charge in [0, 0.05) is 31.7 Å². The van der Waals surface area contributed by atoms with Crippen LogP contribution < -0.4 is 11.1 Å². The van der Waals surface area contributed by atoms with Crippen molar-refractivity contribution in [2.75, 3.05) is 0 Å². The van der Waals surface area contributed by atoms with Gasteiger partial charge in [0.05, 0.1) is 36.4 Å². The third kappa shape index (κ3) is 2.09. The van der Waals surface area contributed by atoms with Crippen LogP contribution in [0.25, 0.3) is 5.69 Å². The van der Waals surface area contributed by atoms with Gasteiger partial charge in [0.15, 0.2) is 0 Å². The van der Waals surface area contributed by atoms with Crippen LogP contribution in [0.4, 0.5) is 4.39 Å². The van der Waals surface area contributed by atoms with E-state index in [1.165, 1.54) is 13.9 Å². The molecular weight excluding hydrogens is 339 g/mol. The van der Waals surface area contributed by atoms with Crippen molar-refractivity contribution in [3.05, 3.63) is 69.5 Å². The van der Waals surface area contributed by atoms with Crippen molar-refractivity contribution in [2.45, 2.75) is 37.0 Å².